The van der Waals surface area contributed by atoms with Crippen molar-refractivity contribution in [3.05, 3.63) is 21.3 Å². The second-order valence-corrected chi connectivity index (χ2v) is 7.44. The third-order valence-electron chi connectivity index (χ3n) is 4.68. The van der Waals surface area contributed by atoms with E-state index in [1.807, 2.05) is 13.8 Å². The Balaban J connectivity index is 1.81. The van der Waals surface area contributed by atoms with Crippen LogP contribution in [-0.4, -0.2) is 43.5 Å². The van der Waals surface area contributed by atoms with Gasteiger partial charge in [-0.2, -0.15) is 5.10 Å². The molecule has 0 saturated carbocycles. The van der Waals surface area contributed by atoms with Gasteiger partial charge in [-0.3, -0.25) is 14.7 Å². The molecule has 1 saturated heterocycles. The molecule has 10 heteroatoms. The molecule has 0 aliphatic carbocycles. The molecule has 1 fully saturated rings. The van der Waals surface area contributed by atoms with Crippen molar-refractivity contribution in [2.45, 2.75) is 58.5 Å². The first-order chi connectivity index (χ1) is 12.5. The van der Waals surface area contributed by atoms with E-state index in [1.165, 1.54) is 16.0 Å². The highest BCUT2D eigenvalue weighted by molar-refractivity contribution is 7.15. The number of hydrogen-bond donors (Lipinski definition) is 2. The first-order valence-electron chi connectivity index (χ1n) is 9.08. The second-order valence-electron chi connectivity index (χ2n) is 6.37. The van der Waals surface area contributed by atoms with E-state index in [0.717, 1.165) is 43.2 Å². The van der Waals surface area contributed by atoms with Gasteiger partial charge in [-0.15, -0.1) is 10.2 Å². The Kier molecular flexibility index (Phi) is 5.82. The molecule has 9 nitrogen and oxygen atoms in total. The van der Waals surface area contributed by atoms with Crippen LogP contribution < -0.4 is 16.3 Å². The summed E-state index contributed by atoms with van der Waals surface area (Å²) in [6, 6.07) is -0.718. The van der Waals surface area contributed by atoms with Crippen LogP contribution in [0.1, 0.15) is 56.4 Å². The molecule has 3 heterocycles. The van der Waals surface area contributed by atoms with E-state index >= 15 is 0 Å². The summed E-state index contributed by atoms with van der Waals surface area (Å²) in [7, 11) is 0. The summed E-state index contributed by atoms with van der Waals surface area (Å²) in [5, 5.41) is 19.8. The van der Waals surface area contributed by atoms with Crippen molar-refractivity contribution in [1.29, 1.82) is 0 Å². The molecule has 0 radical (unpaired) electrons. The maximum absolute atomic E-state index is 12.8. The van der Waals surface area contributed by atoms with Gasteiger partial charge in [0.05, 0.1) is 0 Å². The molecular weight excluding hydrogens is 354 g/mol. The summed E-state index contributed by atoms with van der Waals surface area (Å²) in [6.07, 6.45) is 2.66. The number of aryl methyl sites for hydroxylation is 1. The molecule has 1 aliphatic rings. The molecule has 0 aromatic carbocycles. The van der Waals surface area contributed by atoms with E-state index in [4.69, 9.17) is 0 Å². The molecule has 3 rings (SSSR count). The van der Waals surface area contributed by atoms with E-state index in [-0.39, 0.29) is 17.5 Å². The largest absolute Gasteiger partial charge is 0.346 e. The van der Waals surface area contributed by atoms with Gasteiger partial charge < -0.3 is 5.32 Å². The molecule has 26 heavy (non-hydrogen) atoms. The van der Waals surface area contributed by atoms with Crippen molar-refractivity contribution in [3.63, 3.8) is 0 Å². The van der Waals surface area contributed by atoms with Crippen molar-refractivity contribution in [3.8, 4) is 0 Å². The molecule has 2 aromatic heterocycles. The smallest absolute Gasteiger partial charge is 0.317 e. The predicted octanol–water partition coefficient (Wildman–Crippen LogP) is 1.15. The van der Waals surface area contributed by atoms with Crippen LogP contribution in [0, 0.1) is 0 Å². The van der Waals surface area contributed by atoms with Crippen LogP contribution in [0.3, 0.4) is 0 Å². The Morgan fingerprint density at radius 1 is 1.35 bits per heavy atom. The summed E-state index contributed by atoms with van der Waals surface area (Å²) in [6.45, 7) is 7.97. The van der Waals surface area contributed by atoms with Gasteiger partial charge in [-0.1, -0.05) is 18.3 Å². The van der Waals surface area contributed by atoms with E-state index in [2.05, 4.69) is 25.9 Å². The van der Waals surface area contributed by atoms with Gasteiger partial charge in [0.1, 0.15) is 16.9 Å². The van der Waals surface area contributed by atoms with Crippen LogP contribution in [0.4, 0.5) is 5.13 Å². The molecule has 0 spiro atoms. The molecule has 2 N–H and O–H groups in total. The number of nitrogens with one attached hydrogen (secondary N) is 2. The summed E-state index contributed by atoms with van der Waals surface area (Å²) in [4.78, 5) is 25.3. The van der Waals surface area contributed by atoms with Gasteiger partial charge in [-0.25, -0.2) is 9.48 Å². The van der Waals surface area contributed by atoms with Crippen LogP contribution >= 0.6 is 11.3 Å². The Hall–Kier alpha value is -2.07. The minimum absolute atomic E-state index is 0.241. The van der Waals surface area contributed by atoms with Crippen LogP contribution in [-0.2, 0) is 17.8 Å². The molecule has 1 amide bonds. The summed E-state index contributed by atoms with van der Waals surface area (Å²) in [5.74, 6) is 0.710. The van der Waals surface area contributed by atoms with Crippen molar-refractivity contribution >= 4 is 22.4 Å². The molecule has 142 valence electrons. The lowest BCUT2D eigenvalue weighted by Crippen LogP contribution is -2.33. The molecule has 1 atom stereocenters. The molecule has 2 aromatic rings. The standard InChI is InChI=1S/C16H25N7O2S/c1-4-12-19-20-15(26-12)18-14(24)10(3)23-16(25)22(5-2)13(21-23)11-6-8-17-9-7-11/h10-11,17H,4-9H2,1-3H3,(H,18,20,24)/t10-/m0/s1. The summed E-state index contributed by atoms with van der Waals surface area (Å²) >= 11 is 1.34. The lowest BCUT2D eigenvalue weighted by atomic mass is 9.97. The fraction of sp³-hybridized carbons (Fsp3) is 0.688. The zero-order valence-corrected chi connectivity index (χ0v) is 16.2. The number of carbonyl (C=O) groups is 1. The number of piperidine rings is 1. The maximum atomic E-state index is 12.8. The van der Waals surface area contributed by atoms with Gasteiger partial charge in [-0.05, 0) is 46.2 Å². The normalized spacial score (nSPS) is 16.6. The highest BCUT2D eigenvalue weighted by Crippen LogP contribution is 2.23. The summed E-state index contributed by atoms with van der Waals surface area (Å²) in [5.41, 5.74) is -0.241. The molecule has 0 unspecified atom stereocenters. The van der Waals surface area contributed by atoms with Crippen LogP contribution in [0.15, 0.2) is 4.79 Å². The molecule has 1 aliphatic heterocycles. The van der Waals surface area contributed by atoms with Crippen molar-refractivity contribution < 1.29 is 4.79 Å². The highest BCUT2D eigenvalue weighted by atomic mass is 32.1. The fourth-order valence-electron chi connectivity index (χ4n) is 3.13. The first kappa shape index (κ1) is 18.7. The second kappa shape index (κ2) is 8.09. The number of rotatable bonds is 6. The number of aromatic nitrogens is 5. The zero-order valence-electron chi connectivity index (χ0n) is 15.4. The Morgan fingerprint density at radius 2 is 2.08 bits per heavy atom. The van der Waals surface area contributed by atoms with Crippen LogP contribution in [0.25, 0.3) is 0 Å². The topological polar surface area (TPSA) is 107 Å². The average molecular weight is 379 g/mol. The Bertz CT molecular complexity index is 819. The minimum atomic E-state index is -0.718. The van der Waals surface area contributed by atoms with Crippen molar-refractivity contribution in [2.75, 3.05) is 18.4 Å². The zero-order chi connectivity index (χ0) is 18.7. The minimum Gasteiger partial charge on any atom is -0.317 e. The third kappa shape index (κ3) is 3.70. The van der Waals surface area contributed by atoms with Crippen molar-refractivity contribution in [1.82, 2.24) is 29.9 Å². The van der Waals surface area contributed by atoms with E-state index in [1.54, 1.807) is 11.5 Å². The highest BCUT2D eigenvalue weighted by Gasteiger charge is 2.27. The average Bonchev–Trinajstić information content (AvgIpc) is 3.25. The Morgan fingerprint density at radius 3 is 2.69 bits per heavy atom. The van der Waals surface area contributed by atoms with E-state index in [9.17, 15) is 9.59 Å². The van der Waals surface area contributed by atoms with E-state index in [0.29, 0.717) is 11.7 Å². The van der Waals surface area contributed by atoms with Crippen LogP contribution in [0.5, 0.6) is 0 Å². The summed E-state index contributed by atoms with van der Waals surface area (Å²) < 4.78 is 2.97. The number of amides is 1. The lowest BCUT2D eigenvalue weighted by molar-refractivity contribution is -0.119. The number of hydrogen-bond acceptors (Lipinski definition) is 7. The van der Waals surface area contributed by atoms with Gasteiger partial charge in [0.25, 0.3) is 5.91 Å². The monoisotopic (exact) mass is 379 g/mol. The van der Waals surface area contributed by atoms with E-state index < -0.39 is 6.04 Å². The van der Waals surface area contributed by atoms with Gasteiger partial charge in [0.15, 0.2) is 0 Å². The Labute approximate surface area is 155 Å². The lowest BCUT2D eigenvalue weighted by Gasteiger charge is -2.21. The van der Waals surface area contributed by atoms with Crippen molar-refractivity contribution in [2.24, 2.45) is 0 Å². The third-order valence-corrected chi connectivity index (χ3v) is 5.66. The number of carbonyl (C=O) groups excluding carboxylic acids is 1. The van der Waals surface area contributed by atoms with Gasteiger partial charge in [0, 0.05) is 12.5 Å². The number of nitrogens with zero attached hydrogens (tertiary/aromatic N) is 5. The SMILES string of the molecule is CCc1nnc(NC(=O)[C@H](C)n2nc(C3CCNCC3)n(CC)c2=O)s1. The predicted molar refractivity (Wildman–Crippen MR) is 99.6 cm³/mol. The van der Waals surface area contributed by atoms with Gasteiger partial charge in [0.2, 0.25) is 5.13 Å². The fourth-order valence-corrected chi connectivity index (χ4v) is 3.81. The number of anilines is 1. The molecule has 0 bridgehead atoms. The quantitative estimate of drug-likeness (QED) is 0.780. The van der Waals surface area contributed by atoms with Crippen LogP contribution in [0.2, 0.25) is 0 Å². The molecular formula is C16H25N7O2S. The maximum Gasteiger partial charge on any atom is 0.346 e. The first-order valence-corrected chi connectivity index (χ1v) is 9.90. The van der Waals surface area contributed by atoms with Gasteiger partial charge >= 0.3 is 5.69 Å².